The molecule has 4 N–H and O–H groups in total. The SMILES string of the molecule is N[C@@H]1C[C@H](C(=O)O)C[C@@H]1O. The van der Waals surface area contributed by atoms with Crippen molar-refractivity contribution < 1.29 is 15.0 Å². The van der Waals surface area contributed by atoms with Gasteiger partial charge in [-0.15, -0.1) is 0 Å². The van der Waals surface area contributed by atoms with Crippen LogP contribution in [-0.4, -0.2) is 28.3 Å². The van der Waals surface area contributed by atoms with E-state index in [2.05, 4.69) is 0 Å². The van der Waals surface area contributed by atoms with Crippen LogP contribution in [0.15, 0.2) is 0 Å². The minimum absolute atomic E-state index is 0.302. The highest BCUT2D eigenvalue weighted by molar-refractivity contribution is 5.70. The third-order valence-electron chi connectivity index (χ3n) is 1.93. The first-order valence-corrected chi connectivity index (χ1v) is 3.27. The van der Waals surface area contributed by atoms with Gasteiger partial charge in [-0.05, 0) is 12.8 Å². The van der Waals surface area contributed by atoms with Crippen molar-refractivity contribution in [2.24, 2.45) is 11.7 Å². The first kappa shape index (κ1) is 7.50. The molecule has 0 aliphatic heterocycles. The first-order valence-electron chi connectivity index (χ1n) is 3.27. The van der Waals surface area contributed by atoms with E-state index in [-0.39, 0.29) is 6.04 Å². The Hall–Kier alpha value is -0.610. The summed E-state index contributed by atoms with van der Waals surface area (Å²) < 4.78 is 0. The van der Waals surface area contributed by atoms with Crippen molar-refractivity contribution >= 4 is 5.97 Å². The Balaban J connectivity index is 2.49. The van der Waals surface area contributed by atoms with Gasteiger partial charge in [-0.1, -0.05) is 0 Å². The number of nitrogens with two attached hydrogens (primary N) is 1. The number of aliphatic hydroxyl groups excluding tert-OH is 1. The summed E-state index contributed by atoms with van der Waals surface area (Å²) in [7, 11) is 0. The Morgan fingerprint density at radius 1 is 1.50 bits per heavy atom. The largest absolute Gasteiger partial charge is 0.481 e. The number of aliphatic carboxylic acids is 1. The summed E-state index contributed by atoms with van der Waals surface area (Å²) >= 11 is 0. The molecule has 1 rings (SSSR count). The van der Waals surface area contributed by atoms with Crippen LogP contribution in [0.5, 0.6) is 0 Å². The highest BCUT2D eigenvalue weighted by Gasteiger charge is 2.34. The Morgan fingerprint density at radius 3 is 2.30 bits per heavy atom. The van der Waals surface area contributed by atoms with Crippen molar-refractivity contribution in [3.8, 4) is 0 Å². The van der Waals surface area contributed by atoms with Gasteiger partial charge in [0.25, 0.3) is 0 Å². The molecule has 3 atom stereocenters. The second-order valence-corrected chi connectivity index (χ2v) is 2.74. The maximum absolute atomic E-state index is 10.3. The topological polar surface area (TPSA) is 83.6 Å². The highest BCUT2D eigenvalue weighted by atomic mass is 16.4. The molecule has 4 heteroatoms. The molecule has 0 amide bonds. The maximum Gasteiger partial charge on any atom is 0.306 e. The number of aliphatic hydroxyl groups is 1. The normalized spacial score (nSPS) is 40.0. The van der Waals surface area contributed by atoms with Crippen LogP contribution in [0.25, 0.3) is 0 Å². The van der Waals surface area contributed by atoms with Crippen molar-refractivity contribution in [3.05, 3.63) is 0 Å². The third kappa shape index (κ3) is 1.27. The van der Waals surface area contributed by atoms with Crippen LogP contribution in [-0.2, 0) is 4.79 Å². The molecule has 0 unspecified atom stereocenters. The molecule has 0 heterocycles. The Kier molecular flexibility index (Phi) is 1.92. The third-order valence-corrected chi connectivity index (χ3v) is 1.93. The van der Waals surface area contributed by atoms with Crippen molar-refractivity contribution in [2.45, 2.75) is 25.0 Å². The lowest BCUT2D eigenvalue weighted by atomic mass is 10.1. The summed E-state index contributed by atoms with van der Waals surface area (Å²) in [4.78, 5) is 10.3. The van der Waals surface area contributed by atoms with E-state index < -0.39 is 18.0 Å². The summed E-state index contributed by atoms with van der Waals surface area (Å²) in [5.74, 6) is -1.29. The standard InChI is InChI=1S/C6H11NO3/c7-4-1-3(6(9)10)2-5(4)8/h3-5,8H,1-2,7H2,(H,9,10)/t3-,4+,5-/m0/s1. The van der Waals surface area contributed by atoms with E-state index in [0.717, 1.165) is 0 Å². The van der Waals surface area contributed by atoms with Crippen LogP contribution in [0.1, 0.15) is 12.8 Å². The molecule has 0 saturated heterocycles. The van der Waals surface area contributed by atoms with Crippen molar-refractivity contribution in [1.29, 1.82) is 0 Å². The minimum Gasteiger partial charge on any atom is -0.481 e. The molecule has 1 aliphatic carbocycles. The predicted molar refractivity (Wildman–Crippen MR) is 34.3 cm³/mol. The highest BCUT2D eigenvalue weighted by Crippen LogP contribution is 2.24. The lowest BCUT2D eigenvalue weighted by Crippen LogP contribution is -2.28. The summed E-state index contributed by atoms with van der Waals surface area (Å²) in [5.41, 5.74) is 5.39. The van der Waals surface area contributed by atoms with Crippen LogP contribution in [0.4, 0.5) is 0 Å². The van der Waals surface area contributed by atoms with Crippen LogP contribution in [0, 0.1) is 5.92 Å². The summed E-state index contributed by atoms with van der Waals surface area (Å²) in [6, 6.07) is -0.346. The van der Waals surface area contributed by atoms with Gasteiger partial charge >= 0.3 is 5.97 Å². The molecule has 4 nitrogen and oxygen atoms in total. The number of rotatable bonds is 1. The summed E-state index contributed by atoms with van der Waals surface area (Å²) in [6.45, 7) is 0. The molecule has 0 spiro atoms. The lowest BCUT2D eigenvalue weighted by Gasteiger charge is -2.04. The molecular formula is C6H11NO3. The molecule has 0 aromatic rings. The van der Waals surface area contributed by atoms with E-state index >= 15 is 0 Å². The number of hydrogen-bond acceptors (Lipinski definition) is 3. The van der Waals surface area contributed by atoms with Gasteiger partial charge in [-0.3, -0.25) is 4.79 Å². The molecule has 1 saturated carbocycles. The molecule has 0 radical (unpaired) electrons. The van der Waals surface area contributed by atoms with Crippen LogP contribution in [0.3, 0.4) is 0 Å². The minimum atomic E-state index is -0.855. The van der Waals surface area contributed by atoms with E-state index in [1.165, 1.54) is 0 Å². The monoisotopic (exact) mass is 145 g/mol. The van der Waals surface area contributed by atoms with Crippen molar-refractivity contribution in [2.75, 3.05) is 0 Å². The van der Waals surface area contributed by atoms with Gasteiger partial charge in [0.15, 0.2) is 0 Å². The van der Waals surface area contributed by atoms with E-state index in [0.29, 0.717) is 12.8 Å². The Labute approximate surface area is 58.6 Å². The van der Waals surface area contributed by atoms with E-state index in [9.17, 15) is 4.79 Å². The van der Waals surface area contributed by atoms with E-state index in [1.807, 2.05) is 0 Å². The second kappa shape index (κ2) is 2.56. The van der Waals surface area contributed by atoms with Crippen LogP contribution < -0.4 is 5.73 Å². The van der Waals surface area contributed by atoms with Gasteiger partial charge in [0.05, 0.1) is 12.0 Å². The average Bonchev–Trinajstić information content (AvgIpc) is 2.13. The number of hydrogen-bond donors (Lipinski definition) is 3. The fourth-order valence-corrected chi connectivity index (χ4v) is 1.25. The smallest absolute Gasteiger partial charge is 0.306 e. The summed E-state index contributed by atoms with van der Waals surface area (Å²) in [5, 5.41) is 17.5. The van der Waals surface area contributed by atoms with Gasteiger partial charge in [0.2, 0.25) is 0 Å². The molecule has 0 aromatic heterocycles. The number of carbonyl (C=O) groups is 1. The Bertz CT molecular complexity index is 138. The molecule has 58 valence electrons. The second-order valence-electron chi connectivity index (χ2n) is 2.74. The van der Waals surface area contributed by atoms with E-state index in [1.54, 1.807) is 0 Å². The van der Waals surface area contributed by atoms with Gasteiger partial charge in [0.1, 0.15) is 0 Å². The fourth-order valence-electron chi connectivity index (χ4n) is 1.25. The predicted octanol–water partition coefficient (Wildman–Crippen LogP) is -0.831. The summed E-state index contributed by atoms with van der Waals surface area (Å²) in [6.07, 6.45) is 0.0774. The fraction of sp³-hybridized carbons (Fsp3) is 0.833. The van der Waals surface area contributed by atoms with Gasteiger partial charge in [-0.2, -0.15) is 0 Å². The zero-order valence-electron chi connectivity index (χ0n) is 5.53. The zero-order chi connectivity index (χ0) is 7.72. The average molecular weight is 145 g/mol. The van der Waals surface area contributed by atoms with E-state index in [4.69, 9.17) is 15.9 Å². The molecule has 10 heavy (non-hydrogen) atoms. The van der Waals surface area contributed by atoms with Crippen LogP contribution in [0.2, 0.25) is 0 Å². The number of carboxylic acid groups (broad SMARTS) is 1. The molecule has 0 bridgehead atoms. The Morgan fingerprint density at radius 2 is 2.10 bits per heavy atom. The maximum atomic E-state index is 10.3. The molecule has 1 aliphatic rings. The van der Waals surface area contributed by atoms with Gasteiger partial charge in [-0.25, -0.2) is 0 Å². The van der Waals surface area contributed by atoms with Crippen LogP contribution >= 0.6 is 0 Å². The molecule has 1 fully saturated rings. The molecule has 0 aromatic carbocycles. The number of carboxylic acids is 1. The van der Waals surface area contributed by atoms with Gasteiger partial charge in [0, 0.05) is 6.04 Å². The quantitative estimate of drug-likeness (QED) is 0.449. The van der Waals surface area contributed by atoms with Gasteiger partial charge < -0.3 is 15.9 Å². The zero-order valence-corrected chi connectivity index (χ0v) is 5.53. The first-order chi connectivity index (χ1) is 4.61. The molecular weight excluding hydrogens is 134 g/mol. The van der Waals surface area contributed by atoms with Crippen molar-refractivity contribution in [1.82, 2.24) is 0 Å². The lowest BCUT2D eigenvalue weighted by molar-refractivity contribution is -0.141. The van der Waals surface area contributed by atoms with Crippen molar-refractivity contribution in [3.63, 3.8) is 0 Å².